The van der Waals surface area contributed by atoms with Crippen LogP contribution >= 0.6 is 0 Å². The van der Waals surface area contributed by atoms with Crippen molar-refractivity contribution in [1.29, 1.82) is 0 Å². The molecule has 2 heterocycles. The molecular formula is C21H25N5O3. The molecule has 152 valence electrons. The van der Waals surface area contributed by atoms with Crippen molar-refractivity contribution in [3.05, 3.63) is 59.2 Å². The summed E-state index contributed by atoms with van der Waals surface area (Å²) in [7, 11) is 0. The third-order valence-corrected chi connectivity index (χ3v) is 4.78. The number of aryl methyl sites for hydroxylation is 2. The zero-order valence-electron chi connectivity index (χ0n) is 16.9. The summed E-state index contributed by atoms with van der Waals surface area (Å²) in [5, 5.41) is 6.99. The van der Waals surface area contributed by atoms with Gasteiger partial charge in [0.2, 0.25) is 5.91 Å². The van der Waals surface area contributed by atoms with E-state index in [0.29, 0.717) is 18.6 Å². The molecule has 8 nitrogen and oxygen atoms in total. The van der Waals surface area contributed by atoms with E-state index in [1.165, 1.54) is 6.33 Å². The minimum absolute atomic E-state index is 0.212. The highest BCUT2D eigenvalue weighted by Gasteiger charge is 2.23. The summed E-state index contributed by atoms with van der Waals surface area (Å²) in [5.41, 5.74) is 3.64. The van der Waals surface area contributed by atoms with E-state index in [4.69, 9.17) is 4.74 Å². The number of carbonyl (C=O) groups is 2. The van der Waals surface area contributed by atoms with Gasteiger partial charge in [-0.3, -0.25) is 4.79 Å². The molecule has 0 unspecified atom stereocenters. The lowest BCUT2D eigenvalue weighted by atomic mass is 10.0. The summed E-state index contributed by atoms with van der Waals surface area (Å²) >= 11 is 0. The van der Waals surface area contributed by atoms with Gasteiger partial charge in [-0.15, -0.1) is 0 Å². The second-order valence-corrected chi connectivity index (χ2v) is 6.79. The van der Waals surface area contributed by atoms with Gasteiger partial charge in [-0.1, -0.05) is 30.3 Å². The number of amides is 1. The number of rotatable bonds is 8. The molecule has 1 atom stereocenters. The lowest BCUT2D eigenvalue weighted by Crippen LogP contribution is -2.43. The van der Waals surface area contributed by atoms with Crippen molar-refractivity contribution in [2.45, 2.75) is 46.1 Å². The Morgan fingerprint density at radius 1 is 1.21 bits per heavy atom. The Morgan fingerprint density at radius 2 is 1.97 bits per heavy atom. The third-order valence-electron chi connectivity index (χ3n) is 4.78. The van der Waals surface area contributed by atoms with Crippen LogP contribution in [0.15, 0.2) is 36.7 Å². The fourth-order valence-corrected chi connectivity index (χ4v) is 3.31. The van der Waals surface area contributed by atoms with Crippen LogP contribution in [0.4, 0.5) is 0 Å². The van der Waals surface area contributed by atoms with Crippen molar-refractivity contribution in [2.75, 3.05) is 6.61 Å². The topological polar surface area (TPSA) is 98.5 Å². The molecule has 0 aliphatic carbocycles. The van der Waals surface area contributed by atoms with Crippen molar-refractivity contribution < 1.29 is 14.3 Å². The molecule has 1 amide bonds. The first-order chi connectivity index (χ1) is 14.0. The standard InChI is InChI=1S/C21H25N5O3/c1-4-29-20(28)18(12-16-8-6-5-7-9-16)25-19(27)11-10-17-14(2)24-21-22-13-23-26(21)15(17)3/h5-9,13,18H,4,10-12H2,1-3H3,(H,25,27)/t18-/m1/s1. The van der Waals surface area contributed by atoms with Crippen molar-refractivity contribution >= 4 is 17.7 Å². The normalized spacial score (nSPS) is 12.0. The van der Waals surface area contributed by atoms with Gasteiger partial charge in [0.15, 0.2) is 0 Å². The summed E-state index contributed by atoms with van der Waals surface area (Å²) in [6.45, 7) is 5.84. The highest BCUT2D eigenvalue weighted by Crippen LogP contribution is 2.15. The number of nitrogens with zero attached hydrogens (tertiary/aromatic N) is 4. The fourth-order valence-electron chi connectivity index (χ4n) is 3.31. The summed E-state index contributed by atoms with van der Waals surface area (Å²) in [6.07, 6.45) is 2.57. The van der Waals surface area contributed by atoms with Gasteiger partial charge in [0.05, 0.1) is 6.61 Å². The molecule has 0 radical (unpaired) electrons. The van der Waals surface area contributed by atoms with Gasteiger partial charge in [0.25, 0.3) is 5.78 Å². The van der Waals surface area contributed by atoms with Crippen LogP contribution in [0.5, 0.6) is 0 Å². The molecule has 3 rings (SSSR count). The molecule has 0 spiro atoms. The van der Waals surface area contributed by atoms with E-state index in [2.05, 4.69) is 20.4 Å². The molecule has 0 aliphatic rings. The van der Waals surface area contributed by atoms with E-state index in [1.807, 2.05) is 44.2 Å². The quantitative estimate of drug-likeness (QED) is 0.586. The van der Waals surface area contributed by atoms with Gasteiger partial charge in [-0.2, -0.15) is 10.1 Å². The lowest BCUT2D eigenvalue weighted by molar-refractivity contribution is -0.147. The van der Waals surface area contributed by atoms with Crippen LogP contribution in [0.3, 0.4) is 0 Å². The Morgan fingerprint density at radius 3 is 2.69 bits per heavy atom. The van der Waals surface area contributed by atoms with Crippen LogP contribution in [-0.2, 0) is 27.2 Å². The Bertz CT molecular complexity index is 1000. The summed E-state index contributed by atoms with van der Waals surface area (Å²) in [5.74, 6) is -0.0994. The van der Waals surface area contributed by atoms with Crippen LogP contribution in [0.1, 0.15) is 35.9 Å². The average molecular weight is 395 g/mol. The second kappa shape index (κ2) is 9.27. The molecule has 0 aliphatic heterocycles. The van der Waals surface area contributed by atoms with Crippen LogP contribution in [0.2, 0.25) is 0 Å². The number of esters is 1. The highest BCUT2D eigenvalue weighted by atomic mass is 16.5. The number of carbonyl (C=O) groups excluding carboxylic acids is 2. The summed E-state index contributed by atoms with van der Waals surface area (Å²) < 4.78 is 6.80. The molecular weight excluding hydrogens is 370 g/mol. The first kappa shape index (κ1) is 20.4. The maximum Gasteiger partial charge on any atom is 0.328 e. The van der Waals surface area contributed by atoms with Crippen LogP contribution in [0.25, 0.3) is 5.78 Å². The SMILES string of the molecule is CCOC(=O)[C@@H](Cc1ccccc1)NC(=O)CCc1c(C)nc2ncnn2c1C. The van der Waals surface area contributed by atoms with E-state index < -0.39 is 12.0 Å². The molecule has 1 aromatic carbocycles. The van der Waals surface area contributed by atoms with Crippen LogP contribution in [-0.4, -0.2) is 44.1 Å². The number of hydrogen-bond acceptors (Lipinski definition) is 6. The maximum absolute atomic E-state index is 12.6. The zero-order valence-corrected chi connectivity index (χ0v) is 16.9. The zero-order chi connectivity index (χ0) is 20.8. The number of fused-ring (bicyclic) bond motifs is 1. The first-order valence-electron chi connectivity index (χ1n) is 9.65. The van der Waals surface area contributed by atoms with Gasteiger partial charge in [0.1, 0.15) is 12.4 Å². The Kier molecular flexibility index (Phi) is 6.54. The molecule has 0 saturated carbocycles. The van der Waals surface area contributed by atoms with E-state index in [0.717, 1.165) is 22.5 Å². The maximum atomic E-state index is 12.6. The number of benzene rings is 1. The van der Waals surface area contributed by atoms with E-state index in [9.17, 15) is 9.59 Å². The molecule has 3 aromatic rings. The predicted octanol–water partition coefficient (Wildman–Crippen LogP) is 1.96. The molecule has 0 fully saturated rings. The Labute approximate surface area is 169 Å². The van der Waals surface area contributed by atoms with E-state index in [1.54, 1.807) is 11.4 Å². The molecule has 0 saturated heterocycles. The van der Waals surface area contributed by atoms with Gasteiger partial charge >= 0.3 is 5.97 Å². The summed E-state index contributed by atoms with van der Waals surface area (Å²) in [6, 6.07) is 8.83. The molecule has 29 heavy (non-hydrogen) atoms. The van der Waals surface area contributed by atoms with Crippen molar-refractivity contribution in [2.24, 2.45) is 0 Å². The molecule has 2 aromatic heterocycles. The van der Waals surface area contributed by atoms with Crippen molar-refractivity contribution in [3.8, 4) is 0 Å². The predicted molar refractivity (Wildman–Crippen MR) is 107 cm³/mol. The summed E-state index contributed by atoms with van der Waals surface area (Å²) in [4.78, 5) is 33.4. The highest BCUT2D eigenvalue weighted by molar-refractivity contribution is 5.84. The molecule has 8 heteroatoms. The van der Waals surface area contributed by atoms with Gasteiger partial charge < -0.3 is 10.1 Å². The smallest absolute Gasteiger partial charge is 0.328 e. The fraction of sp³-hybridized carbons (Fsp3) is 0.381. The Balaban J connectivity index is 1.67. The molecule has 0 bridgehead atoms. The second-order valence-electron chi connectivity index (χ2n) is 6.79. The minimum Gasteiger partial charge on any atom is -0.464 e. The average Bonchev–Trinajstić information content (AvgIpc) is 3.17. The van der Waals surface area contributed by atoms with Crippen molar-refractivity contribution in [1.82, 2.24) is 24.9 Å². The van der Waals surface area contributed by atoms with E-state index >= 15 is 0 Å². The van der Waals surface area contributed by atoms with Crippen LogP contribution < -0.4 is 5.32 Å². The van der Waals surface area contributed by atoms with Gasteiger partial charge in [-0.25, -0.2) is 14.3 Å². The minimum atomic E-state index is -0.719. The third kappa shape index (κ3) is 4.96. The Hall–Kier alpha value is -3.29. The van der Waals surface area contributed by atoms with Gasteiger partial charge in [0, 0.05) is 24.2 Å². The largest absolute Gasteiger partial charge is 0.464 e. The monoisotopic (exact) mass is 395 g/mol. The van der Waals surface area contributed by atoms with Crippen molar-refractivity contribution in [3.63, 3.8) is 0 Å². The lowest BCUT2D eigenvalue weighted by Gasteiger charge is -2.18. The number of aromatic nitrogens is 4. The number of ether oxygens (including phenoxy) is 1. The molecule has 1 N–H and O–H groups in total. The van der Waals surface area contributed by atoms with E-state index in [-0.39, 0.29) is 18.9 Å². The van der Waals surface area contributed by atoms with Gasteiger partial charge in [-0.05, 0) is 38.3 Å². The first-order valence-corrected chi connectivity index (χ1v) is 9.65. The number of hydrogen-bond donors (Lipinski definition) is 1. The number of nitrogens with one attached hydrogen (secondary N) is 1. The van der Waals surface area contributed by atoms with Crippen LogP contribution in [0, 0.1) is 13.8 Å².